The summed E-state index contributed by atoms with van der Waals surface area (Å²) >= 11 is 0. The van der Waals surface area contributed by atoms with Crippen molar-refractivity contribution in [1.82, 2.24) is 0 Å². The van der Waals surface area contributed by atoms with Gasteiger partial charge in [-0.15, -0.1) is 0 Å². The van der Waals surface area contributed by atoms with Crippen LogP contribution in [0.4, 0.5) is 0 Å². The zero-order valence-corrected chi connectivity index (χ0v) is 8.79. The first-order valence-corrected chi connectivity index (χ1v) is 5.69. The van der Waals surface area contributed by atoms with E-state index in [1.165, 1.54) is 6.08 Å². The van der Waals surface area contributed by atoms with Crippen LogP contribution in [0.5, 0.6) is 0 Å². The van der Waals surface area contributed by atoms with Gasteiger partial charge in [-0.25, -0.2) is 8.42 Å². The van der Waals surface area contributed by atoms with Gasteiger partial charge in [-0.3, -0.25) is 0 Å². The molecule has 0 aliphatic carbocycles. The molecule has 0 unspecified atom stereocenters. The highest BCUT2D eigenvalue weighted by Gasteiger charge is 2.15. The Balaban J connectivity index is 3.16. The molecule has 0 N–H and O–H groups in total. The number of benzene rings is 1. The number of allylic oxidation sites excluding steroid dienone is 2. The maximum Gasteiger partial charge on any atom is 0.205 e. The van der Waals surface area contributed by atoms with Crippen LogP contribution in [-0.4, -0.2) is 8.42 Å². The summed E-state index contributed by atoms with van der Waals surface area (Å²) in [6, 6.07) is 8.27. The summed E-state index contributed by atoms with van der Waals surface area (Å²) in [6.07, 6.45) is 3.14. The summed E-state index contributed by atoms with van der Waals surface area (Å²) in [6.45, 7) is 5.27. The zero-order valence-electron chi connectivity index (χ0n) is 7.97. The normalized spacial score (nSPS) is 11.8. The lowest BCUT2D eigenvalue weighted by Crippen LogP contribution is -2.01. The number of hydrogen-bond acceptors (Lipinski definition) is 2. The van der Waals surface area contributed by atoms with Crippen molar-refractivity contribution < 1.29 is 8.42 Å². The molecule has 1 aromatic carbocycles. The van der Waals surface area contributed by atoms with E-state index in [1.807, 2.05) is 0 Å². The number of rotatable bonds is 3. The highest BCUT2D eigenvalue weighted by molar-refractivity contribution is 7.95. The van der Waals surface area contributed by atoms with Gasteiger partial charge in [-0.2, -0.15) is 0 Å². The van der Waals surface area contributed by atoms with Gasteiger partial charge in [0.1, 0.15) is 0 Å². The fraction of sp³-hybridized carbons (Fsp3) is 0.0909. The van der Waals surface area contributed by atoms with Crippen molar-refractivity contribution in [2.24, 2.45) is 0 Å². The Morgan fingerprint density at radius 2 is 1.86 bits per heavy atom. The van der Waals surface area contributed by atoms with Gasteiger partial charge >= 0.3 is 0 Å². The van der Waals surface area contributed by atoms with Gasteiger partial charge in [-0.1, -0.05) is 30.9 Å². The first-order chi connectivity index (χ1) is 6.59. The molecule has 0 aliphatic heterocycles. The average molecular weight is 208 g/mol. The minimum atomic E-state index is -3.38. The van der Waals surface area contributed by atoms with E-state index in [0.29, 0.717) is 0 Å². The summed E-state index contributed by atoms with van der Waals surface area (Å²) < 4.78 is 23.5. The van der Waals surface area contributed by atoms with Crippen LogP contribution >= 0.6 is 0 Å². The molecule has 0 amide bonds. The summed E-state index contributed by atoms with van der Waals surface area (Å²) in [5.41, 5.74) is 0. The Bertz CT molecular complexity index is 441. The van der Waals surface area contributed by atoms with Crippen molar-refractivity contribution in [3.05, 3.63) is 54.0 Å². The number of hydrogen-bond donors (Lipinski definition) is 0. The van der Waals surface area contributed by atoms with Crippen LogP contribution in [0.25, 0.3) is 0 Å². The lowest BCUT2D eigenvalue weighted by Gasteiger charge is -2.02. The Morgan fingerprint density at radius 1 is 1.29 bits per heavy atom. The van der Waals surface area contributed by atoms with E-state index in [9.17, 15) is 8.42 Å². The molecule has 14 heavy (non-hydrogen) atoms. The van der Waals surface area contributed by atoms with E-state index in [1.54, 1.807) is 43.3 Å². The first-order valence-electron chi connectivity index (χ1n) is 4.21. The van der Waals surface area contributed by atoms with Gasteiger partial charge < -0.3 is 0 Å². The number of sulfone groups is 1. The molecule has 74 valence electrons. The largest absolute Gasteiger partial charge is 0.219 e. The van der Waals surface area contributed by atoms with Crippen LogP contribution in [0.3, 0.4) is 0 Å². The molecule has 0 radical (unpaired) electrons. The summed E-state index contributed by atoms with van der Waals surface area (Å²) in [4.78, 5) is 0.398. The van der Waals surface area contributed by atoms with Gasteiger partial charge in [0.15, 0.2) is 0 Å². The maximum absolute atomic E-state index is 11.8. The Labute approximate surface area is 84.5 Å². The minimum absolute atomic E-state index is 0.117. The molecule has 0 saturated carbocycles. The van der Waals surface area contributed by atoms with Crippen LogP contribution < -0.4 is 0 Å². The second-order valence-electron chi connectivity index (χ2n) is 2.78. The van der Waals surface area contributed by atoms with Crippen molar-refractivity contribution >= 4 is 9.84 Å². The molecule has 2 nitrogen and oxygen atoms in total. The Morgan fingerprint density at radius 3 is 2.36 bits per heavy atom. The smallest absolute Gasteiger partial charge is 0.205 e. The lowest BCUT2D eigenvalue weighted by molar-refractivity contribution is 0.603. The highest BCUT2D eigenvalue weighted by atomic mass is 32.2. The molecule has 3 heteroatoms. The van der Waals surface area contributed by atoms with E-state index < -0.39 is 9.84 Å². The molecular weight excluding hydrogens is 196 g/mol. The molecule has 0 aliphatic rings. The van der Waals surface area contributed by atoms with Crippen LogP contribution in [-0.2, 0) is 9.84 Å². The monoisotopic (exact) mass is 208 g/mol. The van der Waals surface area contributed by atoms with Gasteiger partial charge in [-0.05, 0) is 25.1 Å². The van der Waals surface area contributed by atoms with Gasteiger partial charge in [0.2, 0.25) is 9.84 Å². The molecular formula is C11H12O2S. The molecule has 1 aromatic rings. The zero-order chi connectivity index (χ0) is 10.6. The summed E-state index contributed by atoms with van der Waals surface area (Å²) in [7, 11) is -3.38. The van der Waals surface area contributed by atoms with E-state index in [-0.39, 0.29) is 9.80 Å². The van der Waals surface area contributed by atoms with Crippen LogP contribution in [0.15, 0.2) is 58.9 Å². The minimum Gasteiger partial charge on any atom is -0.219 e. The molecule has 0 fully saturated rings. The van der Waals surface area contributed by atoms with Crippen LogP contribution in [0, 0.1) is 0 Å². The predicted molar refractivity (Wildman–Crippen MR) is 57.6 cm³/mol. The lowest BCUT2D eigenvalue weighted by atomic mass is 10.4. The molecule has 0 atom stereocenters. The van der Waals surface area contributed by atoms with Gasteiger partial charge in [0.25, 0.3) is 0 Å². The van der Waals surface area contributed by atoms with Gasteiger partial charge in [0, 0.05) is 0 Å². The molecule has 0 aromatic heterocycles. The Hall–Kier alpha value is -1.35. The molecule has 0 heterocycles. The van der Waals surface area contributed by atoms with Crippen LogP contribution in [0.2, 0.25) is 0 Å². The molecule has 0 saturated heterocycles. The summed E-state index contributed by atoms with van der Waals surface area (Å²) in [5.74, 6) is 0. The van der Waals surface area contributed by atoms with Crippen molar-refractivity contribution in [2.45, 2.75) is 11.8 Å². The van der Waals surface area contributed by atoms with Crippen molar-refractivity contribution in [1.29, 1.82) is 0 Å². The quantitative estimate of drug-likeness (QED) is 0.715. The fourth-order valence-electron chi connectivity index (χ4n) is 1.03. The summed E-state index contributed by atoms with van der Waals surface area (Å²) in [5, 5.41) is 0. The second-order valence-corrected chi connectivity index (χ2v) is 4.79. The van der Waals surface area contributed by atoms with E-state index in [2.05, 4.69) is 6.58 Å². The molecule has 1 rings (SSSR count). The molecule has 0 bridgehead atoms. The predicted octanol–water partition coefficient (Wildman–Crippen LogP) is 2.55. The van der Waals surface area contributed by atoms with Crippen molar-refractivity contribution in [2.75, 3.05) is 0 Å². The average Bonchev–Trinajstić information content (AvgIpc) is 2.19. The van der Waals surface area contributed by atoms with Crippen molar-refractivity contribution in [3.63, 3.8) is 0 Å². The van der Waals surface area contributed by atoms with E-state index >= 15 is 0 Å². The molecule has 0 spiro atoms. The van der Waals surface area contributed by atoms with E-state index in [0.717, 1.165) is 0 Å². The third-order valence-corrected chi connectivity index (χ3v) is 3.47. The topological polar surface area (TPSA) is 34.1 Å². The second kappa shape index (κ2) is 4.24. The third-order valence-electron chi connectivity index (χ3n) is 1.75. The first kappa shape index (κ1) is 10.7. The fourth-order valence-corrected chi connectivity index (χ4v) is 2.16. The standard InChI is InChI=1S/C11H12O2S/c1-3-7-10(2)14(12,13)11-8-5-4-6-9-11/h3-9H,2H2,1H3. The third kappa shape index (κ3) is 2.12. The highest BCUT2D eigenvalue weighted by Crippen LogP contribution is 2.17. The van der Waals surface area contributed by atoms with Crippen LogP contribution in [0.1, 0.15) is 6.92 Å². The Kier molecular flexibility index (Phi) is 3.25. The SMILES string of the molecule is C=C(C=CC)S(=O)(=O)c1ccccc1. The van der Waals surface area contributed by atoms with Gasteiger partial charge in [0.05, 0.1) is 9.80 Å². The van der Waals surface area contributed by atoms with E-state index in [4.69, 9.17) is 0 Å². The van der Waals surface area contributed by atoms with Crippen molar-refractivity contribution in [3.8, 4) is 0 Å². The maximum atomic E-state index is 11.8.